The molecular formula is C14H26F2. The van der Waals surface area contributed by atoms with Gasteiger partial charge in [0.05, 0.1) is 0 Å². The number of halogens is 2. The Labute approximate surface area is 99.8 Å². The maximum absolute atomic E-state index is 12.8. The van der Waals surface area contributed by atoms with Crippen LogP contribution in [-0.2, 0) is 0 Å². The van der Waals surface area contributed by atoms with Crippen molar-refractivity contribution in [3.63, 3.8) is 0 Å². The Morgan fingerprint density at radius 3 is 1.69 bits per heavy atom. The second-order valence-electron chi connectivity index (χ2n) is 4.05. The zero-order valence-corrected chi connectivity index (χ0v) is 11.6. The molecular weight excluding hydrogens is 206 g/mol. The van der Waals surface area contributed by atoms with Crippen molar-refractivity contribution in [3.05, 3.63) is 0 Å². The van der Waals surface area contributed by atoms with Gasteiger partial charge < -0.3 is 0 Å². The summed E-state index contributed by atoms with van der Waals surface area (Å²) in [5.74, 6) is 1.87. The normalized spacial score (nSPS) is 11.0. The molecule has 0 N–H and O–H groups in total. The Hall–Kier alpha value is -0.580. The molecule has 0 bridgehead atoms. The molecule has 96 valence electrons. The second-order valence-corrected chi connectivity index (χ2v) is 4.05. The van der Waals surface area contributed by atoms with Crippen LogP contribution in [0.3, 0.4) is 0 Å². The number of hydrogen-bond donors (Lipinski definition) is 0. The van der Waals surface area contributed by atoms with Gasteiger partial charge in [-0.3, -0.25) is 0 Å². The molecule has 0 unspecified atom stereocenters. The number of hydrogen-bond acceptors (Lipinski definition) is 0. The van der Waals surface area contributed by atoms with Gasteiger partial charge in [0.1, 0.15) is 0 Å². The van der Waals surface area contributed by atoms with Crippen molar-refractivity contribution in [1.82, 2.24) is 0 Å². The molecule has 0 spiro atoms. The summed E-state index contributed by atoms with van der Waals surface area (Å²) in [5, 5.41) is 0. The van der Waals surface area contributed by atoms with Crippen molar-refractivity contribution >= 4 is 0 Å². The lowest BCUT2D eigenvalue weighted by atomic mass is 9.82. The average molecular weight is 232 g/mol. The van der Waals surface area contributed by atoms with Crippen LogP contribution >= 0.6 is 0 Å². The Morgan fingerprint density at radius 1 is 0.938 bits per heavy atom. The minimum Gasteiger partial charge on any atom is -0.192 e. The molecule has 0 radical (unpaired) electrons. The van der Waals surface area contributed by atoms with E-state index in [2.05, 4.69) is 26.7 Å². The minimum absolute atomic E-state index is 0.0941. The molecule has 0 heterocycles. The zero-order valence-electron chi connectivity index (χ0n) is 11.6. The summed E-state index contributed by atoms with van der Waals surface area (Å²) < 4.78 is 25.5. The van der Waals surface area contributed by atoms with Crippen molar-refractivity contribution in [2.24, 2.45) is 5.41 Å². The van der Waals surface area contributed by atoms with Gasteiger partial charge in [0.2, 0.25) is 0 Å². The van der Waals surface area contributed by atoms with Crippen molar-refractivity contribution < 1.29 is 8.78 Å². The van der Waals surface area contributed by atoms with Gasteiger partial charge in [0.25, 0.3) is 0 Å². The third kappa shape index (κ3) is 7.68. The van der Waals surface area contributed by atoms with Gasteiger partial charge in [-0.05, 0) is 24.2 Å². The molecule has 0 atom stereocenters. The van der Waals surface area contributed by atoms with Gasteiger partial charge >= 0.3 is 5.92 Å². The smallest absolute Gasteiger partial charge is 0.192 e. The van der Waals surface area contributed by atoms with Gasteiger partial charge in [-0.25, -0.2) is 0 Å². The zero-order chi connectivity index (χ0) is 13.2. The van der Waals surface area contributed by atoms with E-state index in [1.54, 1.807) is 0 Å². The summed E-state index contributed by atoms with van der Waals surface area (Å²) in [7, 11) is 0. The first-order valence-corrected chi connectivity index (χ1v) is 6.27. The third-order valence-corrected chi connectivity index (χ3v) is 2.94. The van der Waals surface area contributed by atoms with Crippen LogP contribution in [-0.4, -0.2) is 5.92 Å². The quantitative estimate of drug-likeness (QED) is 0.579. The van der Waals surface area contributed by atoms with Gasteiger partial charge in [-0.15, -0.1) is 0 Å². The Kier molecular flexibility index (Phi) is 9.52. The van der Waals surface area contributed by atoms with Crippen LogP contribution in [0.15, 0.2) is 0 Å². The number of alkyl halides is 2. The summed E-state index contributed by atoms with van der Waals surface area (Å²) in [6.45, 7) is 11.7. The van der Waals surface area contributed by atoms with Crippen LogP contribution in [0, 0.1) is 17.3 Å². The van der Waals surface area contributed by atoms with Crippen molar-refractivity contribution in [2.75, 3.05) is 0 Å². The van der Waals surface area contributed by atoms with E-state index in [9.17, 15) is 8.78 Å². The fourth-order valence-corrected chi connectivity index (χ4v) is 0.975. The third-order valence-electron chi connectivity index (χ3n) is 2.94. The summed E-state index contributed by atoms with van der Waals surface area (Å²) in [6, 6.07) is 0. The van der Waals surface area contributed by atoms with E-state index in [0.29, 0.717) is 6.42 Å². The van der Waals surface area contributed by atoms with Crippen molar-refractivity contribution in [3.8, 4) is 11.8 Å². The van der Waals surface area contributed by atoms with Crippen LogP contribution in [0.5, 0.6) is 0 Å². The first kappa shape index (κ1) is 17.8. The lowest BCUT2D eigenvalue weighted by Crippen LogP contribution is -2.14. The van der Waals surface area contributed by atoms with Crippen LogP contribution < -0.4 is 0 Å². The van der Waals surface area contributed by atoms with E-state index >= 15 is 0 Å². The molecule has 0 nitrogen and oxygen atoms in total. The lowest BCUT2D eigenvalue weighted by Gasteiger charge is -2.23. The molecule has 0 aromatic rings. The van der Waals surface area contributed by atoms with Crippen molar-refractivity contribution in [2.45, 2.75) is 73.1 Å². The van der Waals surface area contributed by atoms with Gasteiger partial charge in [-0.1, -0.05) is 47.5 Å². The van der Waals surface area contributed by atoms with Crippen LogP contribution in [0.4, 0.5) is 8.78 Å². The molecule has 0 aromatic heterocycles. The van der Waals surface area contributed by atoms with E-state index in [4.69, 9.17) is 0 Å². The highest BCUT2D eigenvalue weighted by atomic mass is 19.3. The molecule has 0 rings (SSSR count). The fraction of sp³-hybridized carbons (Fsp3) is 0.857. The molecule has 0 saturated carbocycles. The highest BCUT2D eigenvalue weighted by Crippen LogP contribution is 2.29. The number of rotatable bonds is 4. The van der Waals surface area contributed by atoms with E-state index in [1.807, 2.05) is 19.8 Å². The maximum atomic E-state index is 12.8. The molecule has 0 aromatic carbocycles. The summed E-state index contributed by atoms with van der Waals surface area (Å²) in [4.78, 5) is 0. The first-order valence-electron chi connectivity index (χ1n) is 6.27. The predicted molar refractivity (Wildman–Crippen MR) is 67.7 cm³/mol. The fourth-order valence-electron chi connectivity index (χ4n) is 0.975. The van der Waals surface area contributed by atoms with E-state index < -0.39 is 5.92 Å². The standard InChI is InChI=1S/C12H20F2.C2H6/c1-5-11(4,6-2)9-8-10-12(13,14)7-3;1-2/h5-7,9H2,1-4H3;1-2H3. The highest BCUT2D eigenvalue weighted by molar-refractivity contribution is 5.10. The molecule has 0 amide bonds. The molecule has 0 aliphatic carbocycles. The highest BCUT2D eigenvalue weighted by Gasteiger charge is 2.23. The Balaban J connectivity index is 0. The van der Waals surface area contributed by atoms with Gasteiger partial charge in [0.15, 0.2) is 0 Å². The summed E-state index contributed by atoms with van der Waals surface area (Å²) in [6.07, 6.45) is 2.33. The molecule has 0 saturated heterocycles. The molecule has 0 fully saturated rings. The largest absolute Gasteiger partial charge is 0.307 e. The molecule has 2 heteroatoms. The predicted octanol–water partition coefficient (Wildman–Crippen LogP) is 5.28. The molecule has 0 aliphatic rings. The van der Waals surface area contributed by atoms with Crippen LogP contribution in [0.1, 0.15) is 67.2 Å². The Bertz CT molecular complexity index is 217. The minimum atomic E-state index is -2.80. The van der Waals surface area contributed by atoms with E-state index in [0.717, 1.165) is 12.8 Å². The van der Waals surface area contributed by atoms with Crippen LogP contribution in [0.25, 0.3) is 0 Å². The average Bonchev–Trinajstić information content (AvgIpc) is 2.31. The van der Waals surface area contributed by atoms with Crippen molar-refractivity contribution in [1.29, 1.82) is 0 Å². The molecule has 16 heavy (non-hydrogen) atoms. The molecule has 0 aliphatic heterocycles. The van der Waals surface area contributed by atoms with E-state index in [-0.39, 0.29) is 11.8 Å². The second kappa shape index (κ2) is 8.56. The Morgan fingerprint density at radius 2 is 1.38 bits per heavy atom. The lowest BCUT2D eigenvalue weighted by molar-refractivity contribution is 0.0621. The SMILES string of the molecule is CC.CCC(F)(F)C#CCC(C)(CC)CC. The monoisotopic (exact) mass is 232 g/mol. The summed E-state index contributed by atoms with van der Waals surface area (Å²) >= 11 is 0. The first-order chi connectivity index (χ1) is 7.39. The maximum Gasteiger partial charge on any atom is 0.307 e. The van der Waals surface area contributed by atoms with Gasteiger partial charge in [-0.2, -0.15) is 8.78 Å². The topological polar surface area (TPSA) is 0 Å². The van der Waals surface area contributed by atoms with Crippen LogP contribution in [0.2, 0.25) is 0 Å². The van der Waals surface area contributed by atoms with E-state index in [1.165, 1.54) is 6.92 Å². The van der Waals surface area contributed by atoms with Gasteiger partial charge in [0, 0.05) is 12.8 Å². The summed E-state index contributed by atoms with van der Waals surface area (Å²) in [5.41, 5.74) is 0.0941.